The number of carbonyl (C=O) groups is 1. The molecule has 19 heavy (non-hydrogen) atoms. The van der Waals surface area contributed by atoms with Gasteiger partial charge in [-0.1, -0.05) is 24.3 Å². The molecule has 1 amide bonds. The quantitative estimate of drug-likeness (QED) is 0.683. The van der Waals surface area contributed by atoms with Gasteiger partial charge in [0.1, 0.15) is 0 Å². The van der Waals surface area contributed by atoms with Crippen LogP contribution >= 0.6 is 0 Å². The molecule has 102 valence electrons. The minimum atomic E-state index is -0.280. The first-order valence-corrected chi connectivity index (χ1v) is 6.96. The maximum atomic E-state index is 11.6. The number of guanidine groups is 1. The van der Waals surface area contributed by atoms with Crippen LogP contribution in [0.2, 0.25) is 0 Å². The smallest absolute Gasteiger partial charge is 0.224 e. The van der Waals surface area contributed by atoms with E-state index in [2.05, 4.69) is 27.8 Å². The maximum Gasteiger partial charge on any atom is 0.224 e. The maximum absolute atomic E-state index is 11.6. The third-order valence-electron chi connectivity index (χ3n) is 4.16. The highest BCUT2D eigenvalue weighted by atomic mass is 16.1. The molecule has 0 aromatic rings. The minimum absolute atomic E-state index is 0.0867. The Hall–Kier alpha value is -1.78. The molecule has 1 fully saturated rings. The molecule has 0 spiro atoms. The zero-order chi connectivity index (χ0) is 13.2. The number of carbonyl (C=O) groups excluding carboxylic acids is 1. The van der Waals surface area contributed by atoms with Crippen molar-refractivity contribution >= 4 is 11.9 Å². The van der Waals surface area contributed by atoms with Gasteiger partial charge in [0.2, 0.25) is 5.91 Å². The topological polar surface area (TPSA) is 79.5 Å². The average Bonchev–Trinajstić information content (AvgIpc) is 2.87. The van der Waals surface area contributed by atoms with Crippen LogP contribution in [0.25, 0.3) is 0 Å². The van der Waals surface area contributed by atoms with Crippen LogP contribution in [0.5, 0.6) is 0 Å². The lowest BCUT2D eigenvalue weighted by Gasteiger charge is -2.34. The molecule has 0 radical (unpaired) electrons. The van der Waals surface area contributed by atoms with Crippen molar-refractivity contribution in [3.63, 3.8) is 0 Å². The predicted octanol–water partition coefficient (Wildman–Crippen LogP) is 0.300. The molecule has 1 heterocycles. The van der Waals surface area contributed by atoms with Crippen LogP contribution in [0.4, 0.5) is 0 Å². The van der Waals surface area contributed by atoms with Gasteiger partial charge in [-0.15, -0.1) is 0 Å². The van der Waals surface area contributed by atoms with Crippen molar-refractivity contribution in [1.29, 1.82) is 0 Å². The number of primary amides is 1. The Kier molecular flexibility index (Phi) is 3.27. The molecule has 2 aliphatic carbocycles. The summed E-state index contributed by atoms with van der Waals surface area (Å²) in [5.74, 6) is 0.473. The summed E-state index contributed by atoms with van der Waals surface area (Å²) in [6.45, 7) is 0.566. The molecule has 5 nitrogen and oxygen atoms in total. The molecule has 1 unspecified atom stereocenters. The van der Waals surface area contributed by atoms with Gasteiger partial charge in [-0.3, -0.25) is 4.79 Å². The zero-order valence-corrected chi connectivity index (χ0v) is 10.9. The molecule has 3 rings (SSSR count). The van der Waals surface area contributed by atoms with Crippen LogP contribution in [0.1, 0.15) is 19.3 Å². The molecule has 0 bridgehead atoms. The third-order valence-corrected chi connectivity index (χ3v) is 4.16. The largest absolute Gasteiger partial charge is 0.369 e. The fourth-order valence-corrected chi connectivity index (χ4v) is 2.75. The molecule has 0 saturated heterocycles. The summed E-state index contributed by atoms with van der Waals surface area (Å²) in [7, 11) is 0. The Morgan fingerprint density at radius 1 is 1.37 bits per heavy atom. The van der Waals surface area contributed by atoms with Crippen molar-refractivity contribution in [1.82, 2.24) is 10.6 Å². The van der Waals surface area contributed by atoms with Gasteiger partial charge in [0.25, 0.3) is 0 Å². The molecular weight excluding hydrogens is 240 g/mol. The molecule has 5 heteroatoms. The molecule has 1 aliphatic heterocycles. The molecule has 3 aliphatic rings. The summed E-state index contributed by atoms with van der Waals surface area (Å²) in [6, 6.07) is 0.447. The van der Waals surface area contributed by atoms with Crippen molar-refractivity contribution in [2.24, 2.45) is 22.6 Å². The zero-order valence-electron chi connectivity index (χ0n) is 10.9. The third kappa shape index (κ3) is 2.50. The van der Waals surface area contributed by atoms with Crippen molar-refractivity contribution in [3.8, 4) is 0 Å². The van der Waals surface area contributed by atoms with E-state index in [4.69, 9.17) is 5.73 Å². The van der Waals surface area contributed by atoms with E-state index in [0.717, 1.165) is 5.96 Å². The van der Waals surface area contributed by atoms with Crippen LogP contribution in [0, 0.1) is 11.8 Å². The lowest BCUT2D eigenvalue weighted by Crippen LogP contribution is -2.55. The van der Waals surface area contributed by atoms with Gasteiger partial charge in [-0.2, -0.15) is 0 Å². The second-order valence-corrected chi connectivity index (χ2v) is 5.48. The number of aliphatic imine (C=N–C) groups is 1. The van der Waals surface area contributed by atoms with E-state index in [1.54, 1.807) is 0 Å². The van der Waals surface area contributed by atoms with E-state index < -0.39 is 0 Å². The second-order valence-electron chi connectivity index (χ2n) is 5.48. The summed E-state index contributed by atoms with van der Waals surface area (Å²) in [5.41, 5.74) is 5.49. The molecule has 0 aromatic heterocycles. The summed E-state index contributed by atoms with van der Waals surface area (Å²) in [6.07, 6.45) is 11.8. The number of hydrogen-bond donors (Lipinski definition) is 3. The SMILES string of the molecule is NC(=O)C1CNC(NC2CCC2)=N[C@@H]1C1C=CC=C1. The van der Waals surface area contributed by atoms with Crippen LogP contribution in [0.3, 0.4) is 0 Å². The predicted molar refractivity (Wildman–Crippen MR) is 74.5 cm³/mol. The average molecular weight is 260 g/mol. The van der Waals surface area contributed by atoms with E-state index >= 15 is 0 Å². The van der Waals surface area contributed by atoms with Gasteiger partial charge in [0, 0.05) is 18.5 Å². The van der Waals surface area contributed by atoms with Gasteiger partial charge in [0.15, 0.2) is 5.96 Å². The lowest BCUT2D eigenvalue weighted by molar-refractivity contribution is -0.122. The van der Waals surface area contributed by atoms with Crippen molar-refractivity contribution in [2.75, 3.05) is 6.54 Å². The highest BCUT2D eigenvalue weighted by molar-refractivity contribution is 5.85. The molecule has 0 aromatic carbocycles. The van der Waals surface area contributed by atoms with E-state index in [1.165, 1.54) is 19.3 Å². The number of rotatable bonds is 3. The Bertz CT molecular complexity index is 438. The highest BCUT2D eigenvalue weighted by Gasteiger charge is 2.35. The standard InChI is InChI=1S/C14H20N4O/c15-13(19)11-8-16-14(17-10-6-3-7-10)18-12(11)9-4-1-2-5-9/h1-2,4-5,9-12H,3,6-8H2,(H2,15,19)(H2,16,17,18)/t11?,12-/m1/s1. The van der Waals surface area contributed by atoms with Crippen molar-refractivity contribution < 1.29 is 4.79 Å². The minimum Gasteiger partial charge on any atom is -0.369 e. The van der Waals surface area contributed by atoms with Crippen LogP contribution in [-0.4, -0.2) is 30.5 Å². The van der Waals surface area contributed by atoms with E-state index in [0.29, 0.717) is 12.6 Å². The summed E-state index contributed by atoms with van der Waals surface area (Å²) in [4.78, 5) is 16.2. The first-order valence-electron chi connectivity index (χ1n) is 6.96. The van der Waals surface area contributed by atoms with Crippen LogP contribution in [0.15, 0.2) is 29.3 Å². The first-order chi connectivity index (χ1) is 9.24. The summed E-state index contributed by atoms with van der Waals surface area (Å²) >= 11 is 0. The number of nitrogens with one attached hydrogen (secondary N) is 2. The van der Waals surface area contributed by atoms with Crippen LogP contribution in [-0.2, 0) is 4.79 Å². The fraction of sp³-hybridized carbons (Fsp3) is 0.571. The first kappa shape index (κ1) is 12.3. The van der Waals surface area contributed by atoms with E-state index in [-0.39, 0.29) is 23.8 Å². The highest BCUT2D eigenvalue weighted by Crippen LogP contribution is 2.25. The lowest BCUT2D eigenvalue weighted by atomic mass is 9.87. The van der Waals surface area contributed by atoms with E-state index in [9.17, 15) is 4.79 Å². The number of nitrogens with two attached hydrogens (primary N) is 1. The van der Waals surface area contributed by atoms with Crippen molar-refractivity contribution in [3.05, 3.63) is 24.3 Å². The normalized spacial score (nSPS) is 30.6. The Labute approximate surface area is 113 Å². The number of hydrogen-bond acceptors (Lipinski definition) is 4. The van der Waals surface area contributed by atoms with Crippen molar-refractivity contribution in [2.45, 2.75) is 31.3 Å². The second kappa shape index (κ2) is 5.07. The Morgan fingerprint density at radius 3 is 2.68 bits per heavy atom. The Balaban J connectivity index is 1.75. The molecule has 4 N–H and O–H groups in total. The number of nitrogens with zero attached hydrogens (tertiary/aromatic N) is 1. The molecule has 1 saturated carbocycles. The number of allylic oxidation sites excluding steroid dienone is 2. The summed E-state index contributed by atoms with van der Waals surface area (Å²) < 4.78 is 0. The van der Waals surface area contributed by atoms with E-state index in [1.807, 2.05) is 12.2 Å². The van der Waals surface area contributed by atoms with Gasteiger partial charge >= 0.3 is 0 Å². The molecule has 2 atom stereocenters. The van der Waals surface area contributed by atoms with Crippen LogP contribution < -0.4 is 16.4 Å². The van der Waals surface area contributed by atoms with Gasteiger partial charge in [-0.05, 0) is 19.3 Å². The van der Waals surface area contributed by atoms with Gasteiger partial charge < -0.3 is 16.4 Å². The fourth-order valence-electron chi connectivity index (χ4n) is 2.75. The Morgan fingerprint density at radius 2 is 2.11 bits per heavy atom. The monoisotopic (exact) mass is 260 g/mol. The van der Waals surface area contributed by atoms with Gasteiger partial charge in [0.05, 0.1) is 12.0 Å². The number of amides is 1. The summed E-state index contributed by atoms with van der Waals surface area (Å²) in [5, 5.41) is 6.60. The van der Waals surface area contributed by atoms with Gasteiger partial charge in [-0.25, -0.2) is 4.99 Å². The molecular formula is C14H20N4O.